The van der Waals surface area contributed by atoms with Crippen molar-refractivity contribution in [1.29, 1.82) is 0 Å². The molecule has 1 atom stereocenters. The number of ether oxygens (including phenoxy) is 1. The van der Waals surface area contributed by atoms with Gasteiger partial charge >= 0.3 is 5.56 Å². The summed E-state index contributed by atoms with van der Waals surface area (Å²) in [5, 5.41) is 5.90. The standard InChI is InChI=1S/C32H31ClN6O4S2/c33-24-9-6-10-25(19-24)39-31(40)30(43-26-13-14-37(21-26)32-35-27-11-4-5-12-29(27)44-32)28(20-34-39)36-15-17-38(18-16-36)45(41,42)22-23-7-2-1-3-8-23/h1-12,19-20,26H,13-18,21-22H2. The molecule has 0 aliphatic carbocycles. The minimum atomic E-state index is -3.50. The van der Waals surface area contributed by atoms with Gasteiger partial charge < -0.3 is 14.5 Å². The lowest BCUT2D eigenvalue weighted by Crippen LogP contribution is -2.49. The minimum Gasteiger partial charge on any atom is -0.481 e. The average Bonchev–Trinajstić information content (AvgIpc) is 3.70. The van der Waals surface area contributed by atoms with Crippen LogP contribution in [0.25, 0.3) is 15.9 Å². The summed E-state index contributed by atoms with van der Waals surface area (Å²) in [7, 11) is -3.50. The third kappa shape index (κ3) is 6.28. The van der Waals surface area contributed by atoms with Gasteiger partial charge in [0, 0.05) is 44.2 Å². The van der Waals surface area contributed by atoms with E-state index in [0.717, 1.165) is 33.9 Å². The van der Waals surface area contributed by atoms with Crippen LogP contribution in [0.3, 0.4) is 0 Å². The summed E-state index contributed by atoms with van der Waals surface area (Å²) in [4.78, 5) is 23.0. The van der Waals surface area contributed by atoms with Crippen LogP contribution in [0.2, 0.25) is 5.02 Å². The number of aromatic nitrogens is 3. The van der Waals surface area contributed by atoms with E-state index in [0.29, 0.717) is 49.1 Å². The highest BCUT2D eigenvalue weighted by atomic mass is 35.5. The summed E-state index contributed by atoms with van der Waals surface area (Å²) in [6.07, 6.45) is 2.11. The molecule has 0 N–H and O–H groups in total. The van der Waals surface area contributed by atoms with E-state index >= 15 is 0 Å². The van der Waals surface area contributed by atoms with Gasteiger partial charge in [-0.2, -0.15) is 14.1 Å². The van der Waals surface area contributed by atoms with Crippen molar-refractivity contribution in [2.24, 2.45) is 0 Å². The summed E-state index contributed by atoms with van der Waals surface area (Å²) in [6.45, 7) is 2.72. The first-order valence-electron chi connectivity index (χ1n) is 14.8. The number of anilines is 2. The highest BCUT2D eigenvalue weighted by Gasteiger charge is 2.32. The van der Waals surface area contributed by atoms with E-state index in [2.05, 4.69) is 16.1 Å². The van der Waals surface area contributed by atoms with E-state index in [-0.39, 0.29) is 17.6 Å². The molecule has 5 aromatic rings. The third-order valence-corrected chi connectivity index (χ3v) is 11.3. The van der Waals surface area contributed by atoms with Gasteiger partial charge in [-0.25, -0.2) is 13.4 Å². The van der Waals surface area contributed by atoms with Crippen LogP contribution in [0.5, 0.6) is 5.75 Å². The van der Waals surface area contributed by atoms with E-state index in [9.17, 15) is 13.2 Å². The Hall–Kier alpha value is -3.97. The van der Waals surface area contributed by atoms with E-state index in [4.69, 9.17) is 21.3 Å². The highest BCUT2D eigenvalue weighted by Crippen LogP contribution is 2.33. The van der Waals surface area contributed by atoms with E-state index < -0.39 is 15.6 Å². The third-order valence-electron chi connectivity index (χ3n) is 8.11. The number of para-hydroxylation sites is 1. The Kier molecular flexibility index (Phi) is 8.21. The summed E-state index contributed by atoms with van der Waals surface area (Å²) >= 11 is 7.88. The Morgan fingerprint density at radius 2 is 1.69 bits per heavy atom. The van der Waals surface area contributed by atoms with Crippen LogP contribution in [0, 0.1) is 0 Å². The summed E-state index contributed by atoms with van der Waals surface area (Å²) in [5.74, 6) is 0.147. The van der Waals surface area contributed by atoms with Crippen LogP contribution < -0.4 is 20.1 Å². The fourth-order valence-corrected chi connectivity index (χ4v) is 8.50. The number of sulfonamides is 1. The number of rotatable bonds is 8. The van der Waals surface area contributed by atoms with Crippen molar-refractivity contribution >= 4 is 54.0 Å². The Labute approximate surface area is 270 Å². The lowest BCUT2D eigenvalue weighted by atomic mass is 10.2. The molecule has 2 aliphatic heterocycles. The van der Waals surface area contributed by atoms with Crippen molar-refractivity contribution in [3.8, 4) is 11.4 Å². The van der Waals surface area contributed by atoms with Crippen molar-refractivity contribution in [2.75, 3.05) is 49.1 Å². The molecule has 4 heterocycles. The topological polar surface area (TPSA) is 101 Å². The molecule has 2 aromatic heterocycles. The molecule has 2 fully saturated rings. The summed E-state index contributed by atoms with van der Waals surface area (Å²) < 4.78 is 36.8. The van der Waals surface area contributed by atoms with Crippen molar-refractivity contribution in [2.45, 2.75) is 18.3 Å². The second kappa shape index (κ2) is 12.4. The predicted molar refractivity (Wildman–Crippen MR) is 179 cm³/mol. The molecule has 1 unspecified atom stereocenters. The van der Waals surface area contributed by atoms with Crippen LogP contribution >= 0.6 is 22.9 Å². The summed E-state index contributed by atoms with van der Waals surface area (Å²) in [6, 6.07) is 24.2. The van der Waals surface area contributed by atoms with Gasteiger partial charge in [-0.3, -0.25) is 4.79 Å². The average molecular weight is 663 g/mol. The second-order valence-corrected chi connectivity index (χ2v) is 14.5. The normalized spacial score (nSPS) is 17.7. The van der Waals surface area contributed by atoms with E-state index in [1.54, 1.807) is 41.8 Å². The Balaban J connectivity index is 1.13. The van der Waals surface area contributed by atoms with Crippen LogP contribution in [-0.4, -0.2) is 72.9 Å². The smallest absolute Gasteiger partial charge is 0.316 e. The number of nitrogens with zero attached hydrogens (tertiary/aromatic N) is 6. The maximum absolute atomic E-state index is 14.0. The fourth-order valence-electron chi connectivity index (χ4n) is 5.80. The molecule has 10 nitrogen and oxygen atoms in total. The largest absolute Gasteiger partial charge is 0.481 e. The van der Waals surface area contributed by atoms with Gasteiger partial charge in [-0.1, -0.05) is 71.5 Å². The molecule has 0 bridgehead atoms. The zero-order valence-electron chi connectivity index (χ0n) is 24.3. The van der Waals surface area contributed by atoms with Crippen molar-refractivity contribution in [3.05, 3.63) is 106 Å². The minimum absolute atomic E-state index is 0.0493. The number of hydrogen-bond acceptors (Lipinski definition) is 9. The second-order valence-electron chi connectivity index (χ2n) is 11.1. The molecule has 13 heteroatoms. The van der Waals surface area contributed by atoms with Gasteiger partial charge in [0.05, 0.1) is 34.4 Å². The van der Waals surface area contributed by atoms with Crippen molar-refractivity contribution in [1.82, 2.24) is 19.1 Å². The molecule has 0 amide bonds. The number of hydrogen-bond donors (Lipinski definition) is 0. The molecule has 0 radical (unpaired) electrons. The van der Waals surface area contributed by atoms with Gasteiger partial charge in [0.2, 0.25) is 15.8 Å². The zero-order valence-corrected chi connectivity index (χ0v) is 26.7. The first-order chi connectivity index (χ1) is 21.8. The molecular formula is C32H31ClN6O4S2. The maximum atomic E-state index is 14.0. The molecule has 0 spiro atoms. The Bertz CT molecular complexity index is 1960. The zero-order chi connectivity index (χ0) is 31.0. The summed E-state index contributed by atoms with van der Waals surface area (Å²) in [5.41, 5.74) is 2.40. The SMILES string of the molecule is O=c1c(OC2CCN(c3nc4ccccc4s3)C2)c(N2CCN(S(=O)(=O)Cc3ccccc3)CC2)cnn1-c1cccc(Cl)c1. The van der Waals surface area contributed by atoms with Crippen LogP contribution in [0.4, 0.5) is 10.8 Å². The lowest BCUT2D eigenvalue weighted by molar-refractivity contribution is 0.220. The lowest BCUT2D eigenvalue weighted by Gasteiger charge is -2.36. The van der Waals surface area contributed by atoms with E-state index in [1.807, 2.05) is 53.4 Å². The van der Waals surface area contributed by atoms with Crippen LogP contribution in [-0.2, 0) is 15.8 Å². The van der Waals surface area contributed by atoms with Crippen LogP contribution in [0.15, 0.2) is 89.9 Å². The van der Waals surface area contributed by atoms with Gasteiger partial charge in [0.15, 0.2) is 5.13 Å². The molecule has 0 saturated carbocycles. The first kappa shape index (κ1) is 29.7. The highest BCUT2D eigenvalue weighted by molar-refractivity contribution is 7.88. The molecule has 3 aromatic carbocycles. The number of benzene rings is 3. The Morgan fingerprint density at radius 3 is 2.47 bits per heavy atom. The van der Waals surface area contributed by atoms with E-state index in [1.165, 1.54) is 8.99 Å². The van der Waals surface area contributed by atoms with Gasteiger partial charge in [-0.05, 0) is 35.9 Å². The van der Waals surface area contributed by atoms with Crippen molar-refractivity contribution in [3.63, 3.8) is 0 Å². The molecule has 45 heavy (non-hydrogen) atoms. The Morgan fingerprint density at radius 1 is 0.911 bits per heavy atom. The monoisotopic (exact) mass is 662 g/mol. The number of fused-ring (bicyclic) bond motifs is 1. The maximum Gasteiger partial charge on any atom is 0.316 e. The quantitative estimate of drug-likeness (QED) is 0.234. The fraction of sp³-hybridized carbons (Fsp3) is 0.281. The van der Waals surface area contributed by atoms with Crippen molar-refractivity contribution < 1.29 is 13.2 Å². The van der Waals surface area contributed by atoms with Gasteiger partial charge in [0.1, 0.15) is 11.8 Å². The molecule has 2 saturated heterocycles. The van der Waals surface area contributed by atoms with Gasteiger partial charge in [0.25, 0.3) is 0 Å². The van der Waals surface area contributed by atoms with Gasteiger partial charge in [-0.15, -0.1) is 0 Å². The predicted octanol–water partition coefficient (Wildman–Crippen LogP) is 4.81. The first-order valence-corrected chi connectivity index (χ1v) is 17.6. The molecule has 2 aliphatic rings. The molecule has 232 valence electrons. The number of halogens is 1. The number of thiazole rings is 1. The molecule has 7 rings (SSSR count). The number of piperazine rings is 1. The van der Waals surface area contributed by atoms with Crippen LogP contribution in [0.1, 0.15) is 12.0 Å². The molecular weight excluding hydrogens is 632 g/mol.